The number of carbonyl (C=O) groups is 1. The van der Waals surface area contributed by atoms with Gasteiger partial charge in [-0.05, 0) is 32.5 Å². The number of nitrogens with zero attached hydrogens (tertiary/aromatic N) is 1. The van der Waals surface area contributed by atoms with E-state index in [0.717, 1.165) is 45.4 Å². The van der Waals surface area contributed by atoms with E-state index in [1.165, 1.54) is 0 Å². The monoisotopic (exact) mass is 243 g/mol. The minimum atomic E-state index is 0.0165. The van der Waals surface area contributed by atoms with Crippen LogP contribution in [0.2, 0.25) is 0 Å². The van der Waals surface area contributed by atoms with Crippen LogP contribution in [-0.2, 0) is 4.79 Å². The van der Waals surface area contributed by atoms with Crippen molar-refractivity contribution in [1.29, 1.82) is 0 Å². The normalized spacial score (nSPS) is 12.8. The summed E-state index contributed by atoms with van der Waals surface area (Å²) in [6.07, 6.45) is 3.43. The first kappa shape index (κ1) is 16.4. The van der Waals surface area contributed by atoms with Gasteiger partial charge in [0.05, 0.1) is 0 Å². The first-order chi connectivity index (χ1) is 8.13. The Kier molecular flexibility index (Phi) is 10.2. The summed E-state index contributed by atoms with van der Waals surface area (Å²) < 4.78 is 0. The fraction of sp³-hybridized carbons (Fsp3) is 0.923. The molecule has 4 nitrogen and oxygen atoms in total. The van der Waals surface area contributed by atoms with E-state index in [2.05, 4.69) is 31.0 Å². The molecule has 0 saturated heterocycles. The Hall–Kier alpha value is -0.610. The molecule has 1 amide bonds. The highest BCUT2D eigenvalue weighted by Crippen LogP contribution is 1.98. The number of hydrogen-bond acceptors (Lipinski definition) is 3. The first-order valence-corrected chi connectivity index (χ1v) is 6.88. The molecule has 0 bridgehead atoms. The third kappa shape index (κ3) is 9.12. The molecule has 0 radical (unpaired) electrons. The Morgan fingerprint density at radius 3 is 2.47 bits per heavy atom. The lowest BCUT2D eigenvalue weighted by atomic mass is 10.1. The second kappa shape index (κ2) is 10.5. The molecule has 0 aliphatic carbocycles. The number of carbonyl (C=O) groups excluding carboxylic acids is 1. The van der Waals surface area contributed by atoms with Gasteiger partial charge in [0, 0.05) is 19.0 Å². The van der Waals surface area contributed by atoms with E-state index in [4.69, 9.17) is 5.73 Å². The highest BCUT2D eigenvalue weighted by Gasteiger charge is 2.07. The van der Waals surface area contributed by atoms with E-state index < -0.39 is 0 Å². The van der Waals surface area contributed by atoms with Crippen molar-refractivity contribution in [1.82, 2.24) is 10.2 Å². The van der Waals surface area contributed by atoms with Crippen LogP contribution in [-0.4, -0.2) is 43.0 Å². The van der Waals surface area contributed by atoms with Crippen LogP contribution in [0.15, 0.2) is 0 Å². The maximum Gasteiger partial charge on any atom is 0.221 e. The van der Waals surface area contributed by atoms with Crippen molar-refractivity contribution >= 4 is 5.91 Å². The molecule has 102 valence electrons. The van der Waals surface area contributed by atoms with Gasteiger partial charge < -0.3 is 16.0 Å². The SMILES string of the molecule is CCCC(N)CC(=O)NCCCN(CC)CC. The van der Waals surface area contributed by atoms with E-state index in [-0.39, 0.29) is 11.9 Å². The Morgan fingerprint density at radius 1 is 1.29 bits per heavy atom. The molecule has 0 aliphatic rings. The molecule has 0 fully saturated rings. The second-order valence-electron chi connectivity index (χ2n) is 4.48. The van der Waals surface area contributed by atoms with E-state index in [9.17, 15) is 4.79 Å². The number of hydrogen-bond donors (Lipinski definition) is 2. The maximum atomic E-state index is 11.5. The van der Waals surface area contributed by atoms with E-state index in [1.54, 1.807) is 0 Å². The van der Waals surface area contributed by atoms with Crippen LogP contribution in [0.4, 0.5) is 0 Å². The average molecular weight is 243 g/mol. The fourth-order valence-electron chi connectivity index (χ4n) is 1.85. The van der Waals surface area contributed by atoms with Crippen molar-refractivity contribution in [2.45, 2.75) is 52.5 Å². The summed E-state index contributed by atoms with van der Waals surface area (Å²) >= 11 is 0. The largest absolute Gasteiger partial charge is 0.356 e. The van der Waals surface area contributed by atoms with Gasteiger partial charge in [0.2, 0.25) is 5.91 Å². The number of rotatable bonds is 10. The van der Waals surface area contributed by atoms with Gasteiger partial charge in [-0.25, -0.2) is 0 Å². The molecule has 0 aromatic rings. The van der Waals surface area contributed by atoms with Crippen molar-refractivity contribution in [2.75, 3.05) is 26.2 Å². The highest BCUT2D eigenvalue weighted by atomic mass is 16.1. The minimum Gasteiger partial charge on any atom is -0.356 e. The van der Waals surface area contributed by atoms with Crippen molar-refractivity contribution in [3.8, 4) is 0 Å². The Balaban J connectivity index is 3.51. The lowest BCUT2D eigenvalue weighted by Gasteiger charge is -2.18. The van der Waals surface area contributed by atoms with Crippen molar-refractivity contribution < 1.29 is 4.79 Å². The molecule has 0 aromatic heterocycles. The van der Waals surface area contributed by atoms with Gasteiger partial charge in [0.25, 0.3) is 0 Å². The zero-order chi connectivity index (χ0) is 13.1. The third-order valence-electron chi connectivity index (χ3n) is 2.97. The van der Waals surface area contributed by atoms with Crippen LogP contribution in [0.25, 0.3) is 0 Å². The molecule has 1 unspecified atom stereocenters. The van der Waals surface area contributed by atoms with Gasteiger partial charge in [0.1, 0.15) is 0 Å². The van der Waals surface area contributed by atoms with E-state index in [0.29, 0.717) is 6.42 Å². The standard InChI is InChI=1S/C13H29N3O/c1-4-8-12(14)11-13(17)15-9-7-10-16(5-2)6-3/h12H,4-11,14H2,1-3H3,(H,15,17). The maximum absolute atomic E-state index is 11.5. The fourth-order valence-corrected chi connectivity index (χ4v) is 1.85. The van der Waals surface area contributed by atoms with Crippen molar-refractivity contribution in [3.63, 3.8) is 0 Å². The third-order valence-corrected chi connectivity index (χ3v) is 2.97. The van der Waals surface area contributed by atoms with Gasteiger partial charge in [-0.15, -0.1) is 0 Å². The topological polar surface area (TPSA) is 58.4 Å². The summed E-state index contributed by atoms with van der Waals surface area (Å²) in [5.41, 5.74) is 5.81. The molecule has 0 rings (SSSR count). The van der Waals surface area contributed by atoms with Crippen LogP contribution in [0.1, 0.15) is 46.5 Å². The summed E-state index contributed by atoms with van der Waals surface area (Å²) in [7, 11) is 0. The highest BCUT2D eigenvalue weighted by molar-refractivity contribution is 5.76. The van der Waals surface area contributed by atoms with Crippen LogP contribution >= 0.6 is 0 Å². The predicted octanol–water partition coefficient (Wildman–Crippen LogP) is 1.35. The Morgan fingerprint density at radius 2 is 1.94 bits per heavy atom. The quantitative estimate of drug-likeness (QED) is 0.569. The number of amides is 1. The molecular formula is C13H29N3O. The molecule has 1 atom stereocenters. The summed E-state index contributed by atoms with van der Waals surface area (Å²) in [4.78, 5) is 13.9. The molecule has 0 heterocycles. The molecule has 17 heavy (non-hydrogen) atoms. The molecule has 0 spiro atoms. The predicted molar refractivity (Wildman–Crippen MR) is 72.9 cm³/mol. The molecule has 4 heteroatoms. The number of nitrogens with two attached hydrogens (primary N) is 1. The van der Waals surface area contributed by atoms with Crippen LogP contribution in [0, 0.1) is 0 Å². The van der Waals surface area contributed by atoms with E-state index >= 15 is 0 Å². The zero-order valence-electron chi connectivity index (χ0n) is 11.7. The van der Waals surface area contributed by atoms with Gasteiger partial charge in [0.15, 0.2) is 0 Å². The van der Waals surface area contributed by atoms with Gasteiger partial charge >= 0.3 is 0 Å². The van der Waals surface area contributed by atoms with Crippen molar-refractivity contribution in [3.05, 3.63) is 0 Å². The van der Waals surface area contributed by atoms with Gasteiger partial charge in [-0.1, -0.05) is 27.2 Å². The molecule has 0 aromatic carbocycles. The summed E-state index contributed by atoms with van der Waals surface area (Å²) in [5, 5.41) is 2.93. The Bertz CT molecular complexity index is 193. The lowest BCUT2D eigenvalue weighted by molar-refractivity contribution is -0.121. The van der Waals surface area contributed by atoms with Gasteiger partial charge in [-0.2, -0.15) is 0 Å². The first-order valence-electron chi connectivity index (χ1n) is 6.88. The smallest absolute Gasteiger partial charge is 0.221 e. The molecule has 0 saturated carbocycles. The zero-order valence-corrected chi connectivity index (χ0v) is 11.7. The van der Waals surface area contributed by atoms with E-state index in [1.807, 2.05) is 0 Å². The number of nitrogens with one attached hydrogen (secondary N) is 1. The molecule has 0 aliphatic heterocycles. The van der Waals surface area contributed by atoms with Crippen molar-refractivity contribution in [2.24, 2.45) is 5.73 Å². The molecule has 3 N–H and O–H groups in total. The molecular weight excluding hydrogens is 214 g/mol. The second-order valence-corrected chi connectivity index (χ2v) is 4.48. The van der Waals surface area contributed by atoms with Gasteiger partial charge in [-0.3, -0.25) is 4.79 Å². The summed E-state index contributed by atoms with van der Waals surface area (Å²) in [5.74, 6) is 0.0884. The van der Waals surface area contributed by atoms with Crippen LogP contribution < -0.4 is 11.1 Å². The Labute approximate surface area is 106 Å². The minimum absolute atomic E-state index is 0.0165. The average Bonchev–Trinajstić information content (AvgIpc) is 2.29. The summed E-state index contributed by atoms with van der Waals surface area (Å²) in [6.45, 7) is 10.4. The van der Waals surface area contributed by atoms with Crippen LogP contribution in [0.5, 0.6) is 0 Å². The summed E-state index contributed by atoms with van der Waals surface area (Å²) in [6, 6.07) is 0.0165. The lowest BCUT2D eigenvalue weighted by Crippen LogP contribution is -2.33. The van der Waals surface area contributed by atoms with Crippen LogP contribution in [0.3, 0.4) is 0 Å².